The fourth-order valence-electron chi connectivity index (χ4n) is 3.55. The second-order valence-electron chi connectivity index (χ2n) is 6.67. The number of carbonyl (C=O) groups excluding carboxylic acids is 2. The maximum Gasteiger partial charge on any atom is 0.258 e. The van der Waals surface area contributed by atoms with E-state index in [0.717, 1.165) is 11.1 Å². The van der Waals surface area contributed by atoms with Gasteiger partial charge in [0, 0.05) is 33.6 Å². The fraction of sp³-hybridized carbons (Fsp3) is 0.143. The summed E-state index contributed by atoms with van der Waals surface area (Å²) in [5, 5.41) is 4.55. The van der Waals surface area contributed by atoms with Crippen molar-refractivity contribution in [3.63, 3.8) is 0 Å². The molecule has 8 heteroatoms. The van der Waals surface area contributed by atoms with E-state index in [1.807, 2.05) is 6.92 Å². The standard InChI is InChI=1S/C21H17ClN2O4S/c1-2-24-18-11-10-17(15-4-3-5-16(20(15)18)21(24)26)23-19(25)12-29(27,28)14-8-6-13(22)7-9-14/h3-11H,2,12H2,1H3,(H,23,25). The van der Waals surface area contributed by atoms with Crippen molar-refractivity contribution in [3.05, 3.63) is 65.2 Å². The number of benzene rings is 3. The number of amides is 2. The Bertz CT molecular complexity index is 1250. The van der Waals surface area contributed by atoms with Crippen LogP contribution in [0.2, 0.25) is 5.02 Å². The molecule has 6 nitrogen and oxygen atoms in total. The molecule has 1 aliphatic rings. The lowest BCUT2D eigenvalue weighted by Crippen LogP contribution is -2.25. The van der Waals surface area contributed by atoms with Crippen LogP contribution in [-0.4, -0.2) is 32.5 Å². The highest BCUT2D eigenvalue weighted by Crippen LogP contribution is 2.40. The van der Waals surface area contributed by atoms with Crippen molar-refractivity contribution < 1.29 is 18.0 Å². The summed E-state index contributed by atoms with van der Waals surface area (Å²) in [4.78, 5) is 26.8. The van der Waals surface area contributed by atoms with Crippen LogP contribution >= 0.6 is 11.6 Å². The number of nitrogens with zero attached hydrogens (tertiary/aromatic N) is 1. The van der Waals surface area contributed by atoms with Gasteiger partial charge in [0.1, 0.15) is 5.75 Å². The first-order valence-electron chi connectivity index (χ1n) is 8.97. The Balaban J connectivity index is 1.64. The van der Waals surface area contributed by atoms with E-state index in [2.05, 4.69) is 5.32 Å². The van der Waals surface area contributed by atoms with E-state index in [9.17, 15) is 18.0 Å². The molecule has 3 aromatic carbocycles. The van der Waals surface area contributed by atoms with E-state index < -0.39 is 21.5 Å². The predicted molar refractivity (Wildman–Crippen MR) is 113 cm³/mol. The lowest BCUT2D eigenvalue weighted by molar-refractivity contribution is -0.113. The lowest BCUT2D eigenvalue weighted by atomic mass is 10.0. The quantitative estimate of drug-likeness (QED) is 0.668. The maximum absolute atomic E-state index is 12.6. The highest BCUT2D eigenvalue weighted by molar-refractivity contribution is 7.92. The van der Waals surface area contributed by atoms with Crippen LogP contribution in [0.15, 0.2) is 59.5 Å². The molecule has 0 saturated heterocycles. The summed E-state index contributed by atoms with van der Waals surface area (Å²) in [5.41, 5.74) is 1.83. The van der Waals surface area contributed by atoms with Gasteiger partial charge in [0.25, 0.3) is 5.91 Å². The fourth-order valence-corrected chi connectivity index (χ4v) is 4.81. The number of carbonyl (C=O) groups is 2. The van der Waals surface area contributed by atoms with Crippen LogP contribution in [0.3, 0.4) is 0 Å². The molecule has 0 fully saturated rings. The van der Waals surface area contributed by atoms with Gasteiger partial charge in [0.15, 0.2) is 9.84 Å². The molecule has 4 rings (SSSR count). The molecule has 0 unspecified atom stereocenters. The van der Waals surface area contributed by atoms with Crippen LogP contribution in [0.25, 0.3) is 10.8 Å². The summed E-state index contributed by atoms with van der Waals surface area (Å²) in [6.45, 7) is 2.43. The minimum absolute atomic E-state index is 0.0293. The summed E-state index contributed by atoms with van der Waals surface area (Å²) < 4.78 is 25.0. The van der Waals surface area contributed by atoms with E-state index in [1.54, 1.807) is 35.2 Å². The van der Waals surface area contributed by atoms with E-state index in [1.165, 1.54) is 24.3 Å². The normalized spacial score (nSPS) is 13.2. The number of halogens is 1. The second-order valence-corrected chi connectivity index (χ2v) is 9.10. The molecule has 0 saturated carbocycles. The van der Waals surface area contributed by atoms with E-state index >= 15 is 0 Å². The Morgan fingerprint density at radius 3 is 2.48 bits per heavy atom. The third-order valence-corrected chi connectivity index (χ3v) is 6.75. The Hall–Kier alpha value is -2.90. The topological polar surface area (TPSA) is 83.6 Å². The van der Waals surface area contributed by atoms with Crippen molar-refractivity contribution in [1.82, 2.24) is 0 Å². The first-order valence-corrected chi connectivity index (χ1v) is 11.0. The van der Waals surface area contributed by atoms with Crippen molar-refractivity contribution in [3.8, 4) is 0 Å². The van der Waals surface area contributed by atoms with Crippen molar-refractivity contribution >= 4 is 55.4 Å². The Morgan fingerprint density at radius 1 is 1.07 bits per heavy atom. The smallest absolute Gasteiger partial charge is 0.258 e. The van der Waals surface area contributed by atoms with Gasteiger partial charge in [-0.15, -0.1) is 0 Å². The number of hydrogen-bond acceptors (Lipinski definition) is 4. The highest BCUT2D eigenvalue weighted by Gasteiger charge is 2.29. The van der Waals surface area contributed by atoms with Gasteiger partial charge in [0.05, 0.1) is 10.6 Å². The number of sulfone groups is 1. The first-order chi connectivity index (χ1) is 13.8. The molecule has 0 radical (unpaired) electrons. The van der Waals surface area contributed by atoms with Crippen molar-refractivity contribution in [2.75, 3.05) is 22.5 Å². The van der Waals surface area contributed by atoms with E-state index in [4.69, 9.17) is 11.6 Å². The predicted octanol–water partition coefficient (Wildman–Crippen LogP) is 3.89. The summed E-state index contributed by atoms with van der Waals surface area (Å²) in [5.74, 6) is -1.43. The van der Waals surface area contributed by atoms with Crippen LogP contribution in [0.5, 0.6) is 0 Å². The molecule has 148 valence electrons. The summed E-state index contributed by atoms with van der Waals surface area (Å²) in [7, 11) is -3.81. The van der Waals surface area contributed by atoms with Crippen LogP contribution in [0.1, 0.15) is 17.3 Å². The molecular formula is C21H17ClN2O4S. The monoisotopic (exact) mass is 428 g/mol. The van der Waals surface area contributed by atoms with Crippen molar-refractivity contribution in [2.24, 2.45) is 0 Å². The molecule has 1 N–H and O–H groups in total. The SMILES string of the molecule is CCN1C(=O)c2cccc3c(NC(=O)CS(=O)(=O)c4ccc(Cl)cc4)ccc1c23. The van der Waals surface area contributed by atoms with Gasteiger partial charge in [-0.25, -0.2) is 8.42 Å². The zero-order valence-electron chi connectivity index (χ0n) is 15.5. The van der Waals surface area contributed by atoms with Gasteiger partial charge >= 0.3 is 0 Å². The Kier molecular flexibility index (Phi) is 4.80. The average Bonchev–Trinajstić information content (AvgIpc) is 2.96. The molecule has 0 atom stereocenters. The molecule has 1 aliphatic heterocycles. The van der Waals surface area contributed by atoms with Gasteiger partial charge < -0.3 is 10.2 Å². The molecule has 3 aromatic rings. The van der Waals surface area contributed by atoms with Crippen LogP contribution in [0, 0.1) is 0 Å². The van der Waals surface area contributed by atoms with Gasteiger partial charge in [-0.05, 0) is 49.4 Å². The van der Waals surface area contributed by atoms with Gasteiger partial charge in [0.2, 0.25) is 5.91 Å². The number of nitrogens with one attached hydrogen (secondary N) is 1. The number of anilines is 2. The molecule has 2 amide bonds. The first kappa shape index (κ1) is 19.4. The Labute approximate surface area is 173 Å². The molecule has 1 heterocycles. The maximum atomic E-state index is 12.6. The average molecular weight is 429 g/mol. The molecular weight excluding hydrogens is 412 g/mol. The zero-order chi connectivity index (χ0) is 20.8. The molecule has 0 aliphatic carbocycles. The zero-order valence-corrected chi connectivity index (χ0v) is 17.0. The lowest BCUT2D eigenvalue weighted by Gasteiger charge is -2.15. The van der Waals surface area contributed by atoms with Crippen molar-refractivity contribution in [2.45, 2.75) is 11.8 Å². The third-order valence-electron chi connectivity index (χ3n) is 4.87. The minimum Gasteiger partial charge on any atom is -0.325 e. The van der Waals surface area contributed by atoms with Gasteiger partial charge in [-0.2, -0.15) is 0 Å². The second kappa shape index (κ2) is 7.17. The molecule has 29 heavy (non-hydrogen) atoms. The highest BCUT2D eigenvalue weighted by atomic mass is 35.5. The van der Waals surface area contributed by atoms with Gasteiger partial charge in [-0.3, -0.25) is 9.59 Å². The van der Waals surface area contributed by atoms with Crippen LogP contribution < -0.4 is 10.2 Å². The van der Waals surface area contributed by atoms with E-state index in [0.29, 0.717) is 28.2 Å². The molecule has 0 bridgehead atoms. The van der Waals surface area contributed by atoms with Crippen molar-refractivity contribution in [1.29, 1.82) is 0 Å². The number of rotatable bonds is 5. The third kappa shape index (κ3) is 3.36. The number of hydrogen-bond donors (Lipinski definition) is 1. The largest absolute Gasteiger partial charge is 0.325 e. The summed E-state index contributed by atoms with van der Waals surface area (Å²) >= 11 is 5.79. The molecule has 0 spiro atoms. The van der Waals surface area contributed by atoms with E-state index in [-0.39, 0.29) is 10.8 Å². The summed E-state index contributed by atoms with van der Waals surface area (Å²) in [6.07, 6.45) is 0. The minimum atomic E-state index is -3.81. The summed E-state index contributed by atoms with van der Waals surface area (Å²) in [6, 6.07) is 14.4. The van der Waals surface area contributed by atoms with Crippen LogP contribution in [-0.2, 0) is 14.6 Å². The van der Waals surface area contributed by atoms with Crippen LogP contribution in [0.4, 0.5) is 11.4 Å². The van der Waals surface area contributed by atoms with Gasteiger partial charge in [-0.1, -0.05) is 23.7 Å². The Morgan fingerprint density at radius 2 is 1.79 bits per heavy atom. The molecule has 0 aromatic heterocycles.